The molecule has 0 N–H and O–H groups in total. The average molecular weight is 203 g/mol. The Labute approximate surface area is 90.6 Å². The van der Waals surface area contributed by atoms with Crippen molar-refractivity contribution in [1.82, 2.24) is 4.90 Å². The van der Waals surface area contributed by atoms with Gasteiger partial charge in [-0.3, -0.25) is 4.90 Å². The predicted molar refractivity (Wildman–Crippen MR) is 64.8 cm³/mol. The lowest BCUT2D eigenvalue weighted by Crippen LogP contribution is -2.46. The number of rotatable bonds is 1. The Morgan fingerprint density at radius 2 is 1.64 bits per heavy atom. The number of morpholine rings is 1. The van der Waals surface area contributed by atoms with Gasteiger partial charge in [0.05, 0.1) is 12.7 Å². The molecule has 0 spiro atoms. The molecule has 1 heterocycles. The van der Waals surface area contributed by atoms with Gasteiger partial charge in [-0.25, -0.2) is 0 Å². The molecule has 88 valence electrons. The van der Waals surface area contributed by atoms with Crippen molar-refractivity contribution >= 4 is 0 Å². The number of hydrogen-bond acceptors (Lipinski definition) is 2. The summed E-state index contributed by atoms with van der Waals surface area (Å²) < 4.78 is 5.48. The van der Waals surface area contributed by atoms with E-state index in [1.165, 1.54) is 0 Å². The maximum atomic E-state index is 5.48. The second kappa shape index (κ2) is 11.0. The van der Waals surface area contributed by atoms with Crippen LogP contribution in [0.15, 0.2) is 0 Å². The summed E-state index contributed by atoms with van der Waals surface area (Å²) in [5, 5.41) is 0. The number of likely N-dealkylation sites (N-methyl/N-ethyl adjacent to an activating group) is 1. The van der Waals surface area contributed by atoms with E-state index in [0.29, 0.717) is 12.1 Å². The van der Waals surface area contributed by atoms with Gasteiger partial charge in [0.2, 0.25) is 0 Å². The molecule has 14 heavy (non-hydrogen) atoms. The fraction of sp³-hybridized carbons (Fsp3) is 1.00. The maximum Gasteiger partial charge on any atom is 0.0674 e. The molecule has 1 fully saturated rings. The first-order chi connectivity index (χ1) is 6.74. The zero-order valence-electron chi connectivity index (χ0n) is 11.1. The lowest BCUT2D eigenvalue weighted by Gasteiger charge is -2.35. The lowest BCUT2D eigenvalue weighted by atomic mass is 10.2. The Hall–Kier alpha value is -0.0800. The molecule has 2 heteroatoms. The molecule has 0 amide bonds. The quantitative estimate of drug-likeness (QED) is 0.649. The van der Waals surface area contributed by atoms with Gasteiger partial charge in [0.25, 0.3) is 0 Å². The molecule has 0 bridgehead atoms. The summed E-state index contributed by atoms with van der Waals surface area (Å²) in [6.45, 7) is 17.7. The smallest absolute Gasteiger partial charge is 0.0674 e. The Bertz CT molecular complexity index is 106. The van der Waals surface area contributed by atoms with Crippen LogP contribution in [0.3, 0.4) is 0 Å². The van der Waals surface area contributed by atoms with Crippen LogP contribution in [-0.4, -0.2) is 36.7 Å². The summed E-state index contributed by atoms with van der Waals surface area (Å²) in [5.41, 5.74) is 0. The largest absolute Gasteiger partial charge is 0.376 e. The van der Waals surface area contributed by atoms with Crippen LogP contribution < -0.4 is 0 Å². The number of ether oxygens (including phenoxy) is 1. The molecule has 0 aromatic heterocycles. The Morgan fingerprint density at radius 1 is 1.14 bits per heavy atom. The molecule has 1 rings (SSSR count). The minimum Gasteiger partial charge on any atom is -0.376 e. The Balaban J connectivity index is 0. The minimum absolute atomic E-state index is 0.427. The fourth-order valence-electron chi connectivity index (χ4n) is 1.41. The Morgan fingerprint density at radius 3 is 2.00 bits per heavy atom. The van der Waals surface area contributed by atoms with Crippen molar-refractivity contribution in [1.29, 1.82) is 0 Å². The topological polar surface area (TPSA) is 12.5 Å². The monoisotopic (exact) mass is 203 g/mol. The third-order valence-electron chi connectivity index (χ3n) is 2.14. The Kier molecular flexibility index (Phi) is 12.8. The fourth-order valence-corrected chi connectivity index (χ4v) is 1.41. The standard InChI is InChI=1S/C8H17NO.2C2H6/c1-4-9-5-8(3)10-6-7(9)2;2*1-2/h7-8H,4-6H2,1-3H3;2*1-2H3. The van der Waals surface area contributed by atoms with Crippen LogP contribution in [0.1, 0.15) is 48.5 Å². The van der Waals surface area contributed by atoms with Crippen LogP contribution in [0.4, 0.5) is 0 Å². The molecule has 1 saturated heterocycles. The summed E-state index contributed by atoms with van der Waals surface area (Å²) in [4.78, 5) is 2.45. The van der Waals surface area contributed by atoms with Crippen molar-refractivity contribution in [3.8, 4) is 0 Å². The van der Waals surface area contributed by atoms with E-state index in [-0.39, 0.29) is 0 Å². The van der Waals surface area contributed by atoms with Crippen molar-refractivity contribution < 1.29 is 4.74 Å². The molecular formula is C12H29NO. The van der Waals surface area contributed by atoms with Crippen molar-refractivity contribution in [2.45, 2.75) is 60.6 Å². The van der Waals surface area contributed by atoms with Crippen molar-refractivity contribution in [2.24, 2.45) is 0 Å². The molecule has 0 aliphatic carbocycles. The highest BCUT2D eigenvalue weighted by Gasteiger charge is 2.21. The third kappa shape index (κ3) is 6.39. The summed E-state index contributed by atoms with van der Waals surface area (Å²) in [6, 6.07) is 0.612. The van der Waals surface area contributed by atoms with Gasteiger partial charge in [0, 0.05) is 12.6 Å². The highest BCUT2D eigenvalue weighted by atomic mass is 16.5. The summed E-state index contributed by atoms with van der Waals surface area (Å²) in [5.74, 6) is 0. The average Bonchev–Trinajstić information content (AvgIpc) is 2.27. The van der Waals surface area contributed by atoms with E-state index in [1.807, 2.05) is 27.7 Å². The van der Waals surface area contributed by atoms with Gasteiger partial charge >= 0.3 is 0 Å². The molecule has 2 atom stereocenters. The van der Waals surface area contributed by atoms with Crippen molar-refractivity contribution in [2.75, 3.05) is 19.7 Å². The summed E-state index contributed by atoms with van der Waals surface area (Å²) >= 11 is 0. The highest BCUT2D eigenvalue weighted by Crippen LogP contribution is 2.09. The third-order valence-corrected chi connectivity index (χ3v) is 2.14. The van der Waals surface area contributed by atoms with Crippen molar-refractivity contribution in [3.63, 3.8) is 0 Å². The van der Waals surface area contributed by atoms with E-state index in [4.69, 9.17) is 4.74 Å². The highest BCUT2D eigenvalue weighted by molar-refractivity contribution is 4.73. The van der Waals surface area contributed by atoms with E-state index >= 15 is 0 Å². The zero-order chi connectivity index (χ0) is 11.6. The maximum absolute atomic E-state index is 5.48. The van der Waals surface area contributed by atoms with E-state index in [1.54, 1.807) is 0 Å². The summed E-state index contributed by atoms with van der Waals surface area (Å²) in [7, 11) is 0. The predicted octanol–water partition coefficient (Wildman–Crippen LogP) is 3.17. The second-order valence-corrected chi connectivity index (χ2v) is 3.08. The molecule has 0 aromatic carbocycles. The minimum atomic E-state index is 0.427. The van der Waals surface area contributed by atoms with E-state index < -0.39 is 0 Å². The lowest BCUT2D eigenvalue weighted by molar-refractivity contribution is -0.0471. The molecular weight excluding hydrogens is 174 g/mol. The molecule has 2 nitrogen and oxygen atoms in total. The molecule has 0 radical (unpaired) electrons. The van der Waals surface area contributed by atoms with Crippen LogP contribution >= 0.6 is 0 Å². The first-order valence-electron chi connectivity index (χ1n) is 6.09. The molecule has 2 unspecified atom stereocenters. The second-order valence-electron chi connectivity index (χ2n) is 3.08. The molecule has 1 aliphatic rings. The van der Waals surface area contributed by atoms with Crippen LogP contribution in [0.2, 0.25) is 0 Å². The van der Waals surface area contributed by atoms with Crippen molar-refractivity contribution in [3.05, 3.63) is 0 Å². The molecule has 0 aromatic rings. The molecule has 1 aliphatic heterocycles. The first kappa shape index (κ1) is 16.4. The van der Waals surface area contributed by atoms with Gasteiger partial charge in [-0.1, -0.05) is 34.6 Å². The first-order valence-corrected chi connectivity index (χ1v) is 6.09. The van der Waals surface area contributed by atoms with Crippen LogP contribution in [0, 0.1) is 0 Å². The number of nitrogens with zero attached hydrogens (tertiary/aromatic N) is 1. The van der Waals surface area contributed by atoms with Gasteiger partial charge in [-0.2, -0.15) is 0 Å². The molecule has 0 saturated carbocycles. The zero-order valence-corrected chi connectivity index (χ0v) is 11.1. The summed E-state index contributed by atoms with van der Waals surface area (Å²) in [6.07, 6.45) is 0.427. The van der Waals surface area contributed by atoms with Gasteiger partial charge in [0.15, 0.2) is 0 Å². The van der Waals surface area contributed by atoms with Gasteiger partial charge in [-0.05, 0) is 20.4 Å². The van der Waals surface area contributed by atoms with Crippen LogP contribution in [-0.2, 0) is 4.74 Å². The van der Waals surface area contributed by atoms with E-state index in [2.05, 4.69) is 25.7 Å². The normalized spacial score (nSPS) is 26.8. The van der Waals surface area contributed by atoms with E-state index in [9.17, 15) is 0 Å². The van der Waals surface area contributed by atoms with E-state index in [0.717, 1.165) is 19.7 Å². The van der Waals surface area contributed by atoms with Crippen LogP contribution in [0.25, 0.3) is 0 Å². The van der Waals surface area contributed by atoms with Crippen LogP contribution in [0.5, 0.6) is 0 Å². The van der Waals surface area contributed by atoms with Gasteiger partial charge in [-0.15, -0.1) is 0 Å². The van der Waals surface area contributed by atoms with Gasteiger partial charge in [0.1, 0.15) is 0 Å². The SMILES string of the molecule is CC.CC.CCN1CC(C)OCC1C. The van der Waals surface area contributed by atoms with Gasteiger partial charge < -0.3 is 4.74 Å². The number of hydrogen-bond donors (Lipinski definition) is 0.